The molecule has 0 bridgehead atoms. The Balaban J connectivity index is 1.48. The average molecular weight is 365 g/mol. The van der Waals surface area contributed by atoms with Crippen LogP contribution >= 0.6 is 0 Å². The van der Waals surface area contributed by atoms with Crippen molar-refractivity contribution in [1.29, 1.82) is 0 Å². The minimum atomic E-state index is -0.414. The van der Waals surface area contributed by atoms with Crippen molar-refractivity contribution in [3.8, 4) is 17.2 Å². The second kappa shape index (κ2) is 7.82. The second-order valence-electron chi connectivity index (χ2n) is 6.83. The Morgan fingerprint density at radius 1 is 1.07 bits per heavy atom. The van der Waals surface area contributed by atoms with Gasteiger partial charge in [-0.05, 0) is 36.8 Å². The number of nitrogens with zero attached hydrogens (tertiary/aromatic N) is 3. The van der Waals surface area contributed by atoms with Crippen LogP contribution in [0, 0.1) is 0 Å². The van der Waals surface area contributed by atoms with Gasteiger partial charge in [0.15, 0.2) is 11.5 Å². The van der Waals surface area contributed by atoms with Gasteiger partial charge in [-0.3, -0.25) is 4.90 Å². The van der Waals surface area contributed by atoms with Crippen LogP contribution in [-0.2, 0) is 13.1 Å². The quantitative estimate of drug-likeness (QED) is 0.698. The summed E-state index contributed by atoms with van der Waals surface area (Å²) in [5, 5.41) is 14.4. The third-order valence-corrected chi connectivity index (χ3v) is 4.43. The fourth-order valence-electron chi connectivity index (χ4n) is 3.28. The van der Waals surface area contributed by atoms with E-state index in [1.807, 2.05) is 65.6 Å². The summed E-state index contributed by atoms with van der Waals surface area (Å²) in [6.07, 6.45) is 3.49. The molecule has 4 rings (SSSR count). The maximum atomic E-state index is 9.91. The molecule has 6 nitrogen and oxygen atoms in total. The molecule has 0 fully saturated rings. The van der Waals surface area contributed by atoms with Crippen molar-refractivity contribution < 1.29 is 14.6 Å². The van der Waals surface area contributed by atoms with E-state index in [1.165, 1.54) is 0 Å². The summed E-state index contributed by atoms with van der Waals surface area (Å²) in [6, 6.07) is 16.0. The number of rotatable bonds is 7. The molecule has 6 heteroatoms. The first-order valence-electron chi connectivity index (χ1n) is 9.05. The van der Waals surface area contributed by atoms with Crippen LogP contribution in [0.25, 0.3) is 5.69 Å². The van der Waals surface area contributed by atoms with Gasteiger partial charge in [0.2, 0.25) is 6.79 Å². The van der Waals surface area contributed by atoms with Crippen molar-refractivity contribution in [2.24, 2.45) is 0 Å². The maximum Gasteiger partial charge on any atom is 0.231 e. The molecule has 2 heterocycles. The molecular weight excluding hydrogens is 342 g/mol. The normalized spacial score (nSPS) is 13.9. The molecule has 0 aliphatic carbocycles. The van der Waals surface area contributed by atoms with E-state index in [-0.39, 0.29) is 6.79 Å². The zero-order valence-corrected chi connectivity index (χ0v) is 15.3. The van der Waals surface area contributed by atoms with Gasteiger partial charge in [0.05, 0.1) is 18.0 Å². The van der Waals surface area contributed by atoms with Crippen LogP contribution in [0.15, 0.2) is 60.9 Å². The summed E-state index contributed by atoms with van der Waals surface area (Å²) >= 11 is 0. The van der Waals surface area contributed by atoms with E-state index >= 15 is 0 Å². The minimum absolute atomic E-state index is 0.273. The monoisotopic (exact) mass is 365 g/mol. The Hall–Kier alpha value is -2.83. The van der Waals surface area contributed by atoms with E-state index in [2.05, 4.69) is 10.00 Å². The van der Waals surface area contributed by atoms with Gasteiger partial charge in [-0.1, -0.05) is 24.3 Å². The Kier molecular flexibility index (Phi) is 5.09. The highest BCUT2D eigenvalue weighted by atomic mass is 16.7. The van der Waals surface area contributed by atoms with E-state index in [0.29, 0.717) is 19.6 Å². The molecule has 1 N–H and O–H groups in total. The van der Waals surface area contributed by atoms with Gasteiger partial charge < -0.3 is 14.6 Å². The molecule has 0 radical (unpaired) electrons. The van der Waals surface area contributed by atoms with Crippen LogP contribution in [0.5, 0.6) is 11.5 Å². The first-order valence-corrected chi connectivity index (χ1v) is 9.05. The van der Waals surface area contributed by atoms with Crippen molar-refractivity contribution in [3.63, 3.8) is 0 Å². The number of benzene rings is 2. The van der Waals surface area contributed by atoms with Gasteiger partial charge in [0, 0.05) is 31.4 Å². The highest BCUT2D eigenvalue weighted by molar-refractivity contribution is 5.44. The topological polar surface area (TPSA) is 59.8 Å². The highest BCUT2D eigenvalue weighted by Gasteiger charge is 2.16. The van der Waals surface area contributed by atoms with Crippen LogP contribution in [0.1, 0.15) is 18.1 Å². The predicted molar refractivity (Wildman–Crippen MR) is 102 cm³/mol. The minimum Gasteiger partial charge on any atom is -0.454 e. The third kappa shape index (κ3) is 4.30. The lowest BCUT2D eigenvalue weighted by Gasteiger charge is -2.23. The Bertz CT molecular complexity index is 893. The van der Waals surface area contributed by atoms with Crippen molar-refractivity contribution in [3.05, 3.63) is 72.1 Å². The molecule has 1 aliphatic heterocycles. The fourth-order valence-corrected chi connectivity index (χ4v) is 3.28. The smallest absolute Gasteiger partial charge is 0.231 e. The van der Waals surface area contributed by atoms with E-state index < -0.39 is 6.10 Å². The van der Waals surface area contributed by atoms with Gasteiger partial charge in [0.1, 0.15) is 0 Å². The molecular formula is C21H23N3O3. The number of aromatic nitrogens is 2. The SMILES string of the molecule is C[C@H](O)CN(Cc1ccc2c(c1)OCO2)Cc1cnn(-c2ccccc2)c1. The van der Waals surface area contributed by atoms with E-state index in [9.17, 15) is 5.11 Å². The van der Waals surface area contributed by atoms with Crippen LogP contribution in [0.3, 0.4) is 0 Å². The molecule has 0 saturated carbocycles. The number of aliphatic hydroxyl groups is 1. The Morgan fingerprint density at radius 3 is 2.67 bits per heavy atom. The number of hydrogen-bond acceptors (Lipinski definition) is 5. The molecule has 2 aromatic carbocycles. The lowest BCUT2D eigenvalue weighted by molar-refractivity contribution is 0.118. The summed E-state index contributed by atoms with van der Waals surface area (Å²) in [5.74, 6) is 1.56. The summed E-state index contributed by atoms with van der Waals surface area (Å²) in [7, 11) is 0. The number of aliphatic hydroxyl groups excluding tert-OH is 1. The van der Waals surface area contributed by atoms with Crippen molar-refractivity contribution >= 4 is 0 Å². The van der Waals surface area contributed by atoms with Crippen LogP contribution in [0.2, 0.25) is 0 Å². The molecule has 1 aliphatic rings. The number of fused-ring (bicyclic) bond motifs is 1. The molecule has 1 atom stereocenters. The van der Waals surface area contributed by atoms with Crippen LogP contribution in [-0.4, -0.2) is 39.2 Å². The lowest BCUT2D eigenvalue weighted by Crippen LogP contribution is -2.30. The zero-order valence-electron chi connectivity index (χ0n) is 15.3. The van der Waals surface area contributed by atoms with Crippen LogP contribution < -0.4 is 9.47 Å². The molecule has 140 valence electrons. The molecule has 27 heavy (non-hydrogen) atoms. The molecule has 0 saturated heterocycles. The van der Waals surface area contributed by atoms with E-state index in [1.54, 1.807) is 6.92 Å². The summed E-state index contributed by atoms with van der Waals surface area (Å²) in [4.78, 5) is 2.20. The summed E-state index contributed by atoms with van der Waals surface area (Å²) in [5.41, 5.74) is 3.25. The Labute approximate surface area is 158 Å². The van der Waals surface area contributed by atoms with Crippen LogP contribution in [0.4, 0.5) is 0 Å². The average Bonchev–Trinajstić information content (AvgIpc) is 3.31. The van der Waals surface area contributed by atoms with Gasteiger partial charge >= 0.3 is 0 Å². The molecule has 1 aromatic heterocycles. The maximum absolute atomic E-state index is 9.91. The predicted octanol–water partition coefficient (Wildman–Crippen LogP) is 2.98. The number of para-hydroxylation sites is 1. The Morgan fingerprint density at radius 2 is 1.85 bits per heavy atom. The standard InChI is InChI=1S/C21H23N3O3/c1-16(25)11-23(12-17-7-8-20-21(9-17)27-15-26-20)13-18-10-22-24(14-18)19-5-3-2-4-6-19/h2-10,14,16,25H,11-13,15H2,1H3/t16-/m0/s1. The molecule has 3 aromatic rings. The van der Waals surface area contributed by atoms with Crippen molar-refractivity contribution in [2.45, 2.75) is 26.1 Å². The first-order chi connectivity index (χ1) is 13.2. The first kappa shape index (κ1) is 17.6. The number of hydrogen-bond donors (Lipinski definition) is 1. The van der Waals surface area contributed by atoms with E-state index in [4.69, 9.17) is 9.47 Å². The highest BCUT2D eigenvalue weighted by Crippen LogP contribution is 2.32. The third-order valence-electron chi connectivity index (χ3n) is 4.43. The van der Waals surface area contributed by atoms with Gasteiger partial charge in [-0.2, -0.15) is 5.10 Å². The lowest BCUT2D eigenvalue weighted by atomic mass is 10.1. The van der Waals surface area contributed by atoms with Crippen molar-refractivity contribution in [2.75, 3.05) is 13.3 Å². The van der Waals surface area contributed by atoms with Crippen molar-refractivity contribution in [1.82, 2.24) is 14.7 Å². The second-order valence-corrected chi connectivity index (χ2v) is 6.83. The molecule has 0 spiro atoms. The van der Waals surface area contributed by atoms with Gasteiger partial charge in [-0.25, -0.2) is 4.68 Å². The summed E-state index contributed by atoms with van der Waals surface area (Å²) in [6.45, 7) is 4.06. The van der Waals surface area contributed by atoms with Gasteiger partial charge in [-0.15, -0.1) is 0 Å². The number of ether oxygens (including phenoxy) is 2. The molecule has 0 unspecified atom stereocenters. The molecule has 0 amide bonds. The van der Waals surface area contributed by atoms with E-state index in [0.717, 1.165) is 28.3 Å². The zero-order chi connectivity index (χ0) is 18.6. The summed E-state index contributed by atoms with van der Waals surface area (Å²) < 4.78 is 12.7. The fraction of sp³-hybridized carbons (Fsp3) is 0.286. The largest absolute Gasteiger partial charge is 0.454 e. The van der Waals surface area contributed by atoms with Gasteiger partial charge in [0.25, 0.3) is 0 Å².